The summed E-state index contributed by atoms with van der Waals surface area (Å²) in [4.78, 5) is 11.7. The predicted octanol–water partition coefficient (Wildman–Crippen LogP) is 2.96. The van der Waals surface area contributed by atoms with Gasteiger partial charge in [0.2, 0.25) is 0 Å². The van der Waals surface area contributed by atoms with Gasteiger partial charge in [0.05, 0.1) is 6.61 Å². The van der Waals surface area contributed by atoms with Gasteiger partial charge in [0.1, 0.15) is 24.9 Å². The lowest BCUT2D eigenvalue weighted by Crippen LogP contribution is -2.42. The largest absolute Gasteiger partial charge is 0.463 e. The summed E-state index contributed by atoms with van der Waals surface area (Å²) < 4.78 is 4.90. The quantitative estimate of drug-likeness (QED) is 0.234. The van der Waals surface area contributed by atoms with E-state index in [4.69, 9.17) is 9.84 Å². The summed E-state index contributed by atoms with van der Waals surface area (Å²) in [5, 5.41) is 37.0. The number of esters is 1. The van der Waals surface area contributed by atoms with Crippen LogP contribution in [0.2, 0.25) is 0 Å². The average Bonchev–Trinajstić information content (AvgIpc) is 2.64. The first-order valence-corrected chi connectivity index (χ1v) is 10.6. The molecule has 0 saturated carbocycles. The van der Waals surface area contributed by atoms with E-state index in [-0.39, 0.29) is 6.42 Å². The molecule has 166 valence electrons. The molecule has 0 spiro atoms. The van der Waals surface area contributed by atoms with Crippen molar-refractivity contribution in [1.29, 1.82) is 0 Å². The third-order valence-corrected chi connectivity index (χ3v) is 4.98. The van der Waals surface area contributed by atoms with E-state index < -0.39 is 37.5 Å². The van der Waals surface area contributed by atoms with Crippen LogP contribution in [0, 0.1) is 11.8 Å². The fourth-order valence-corrected chi connectivity index (χ4v) is 3.00. The molecule has 0 aromatic heterocycles. The Labute approximate surface area is 170 Å². The molecule has 4 unspecified atom stereocenters. The van der Waals surface area contributed by atoms with Gasteiger partial charge in [0, 0.05) is 6.42 Å². The van der Waals surface area contributed by atoms with Crippen LogP contribution in [0.1, 0.15) is 79.1 Å². The van der Waals surface area contributed by atoms with Crippen LogP contribution in [0.5, 0.6) is 0 Å². The first-order valence-electron chi connectivity index (χ1n) is 10.6. The maximum Gasteiger partial charge on any atom is 0.306 e. The van der Waals surface area contributed by atoms with Gasteiger partial charge in [-0.25, -0.2) is 0 Å². The molecule has 0 heterocycles. The molecule has 0 rings (SSSR count). The van der Waals surface area contributed by atoms with Crippen molar-refractivity contribution in [2.45, 2.75) is 97.4 Å². The van der Waals surface area contributed by atoms with Gasteiger partial charge in [-0.1, -0.05) is 58.1 Å². The standard InChI is InChI=1S/C22H42O6/c1-16(2)8-5-9-17(3)10-6-11-18(4)12-7-13-21(26)28-15-20(25)22(27)19(24)14-23/h12,16-17,19-20,22-25,27H,5-11,13-15H2,1-4H3/b18-12+. The summed E-state index contributed by atoms with van der Waals surface area (Å²) in [6.07, 6.45) is 5.72. The van der Waals surface area contributed by atoms with Crippen LogP contribution in [-0.4, -0.2) is 57.9 Å². The van der Waals surface area contributed by atoms with Gasteiger partial charge in [0.15, 0.2) is 0 Å². The van der Waals surface area contributed by atoms with Gasteiger partial charge in [-0.05, 0) is 38.0 Å². The van der Waals surface area contributed by atoms with E-state index in [2.05, 4.69) is 27.7 Å². The van der Waals surface area contributed by atoms with Crippen molar-refractivity contribution in [2.24, 2.45) is 11.8 Å². The first kappa shape index (κ1) is 27.0. The zero-order valence-electron chi connectivity index (χ0n) is 18.1. The second-order valence-corrected chi connectivity index (χ2v) is 8.40. The maximum absolute atomic E-state index is 11.7. The Kier molecular flexibility index (Phi) is 15.4. The minimum absolute atomic E-state index is 0.203. The lowest BCUT2D eigenvalue weighted by Gasteiger charge is -2.21. The molecule has 0 aliphatic carbocycles. The van der Waals surface area contributed by atoms with E-state index in [9.17, 15) is 20.1 Å². The summed E-state index contributed by atoms with van der Waals surface area (Å²) >= 11 is 0. The molecule has 6 nitrogen and oxygen atoms in total. The van der Waals surface area contributed by atoms with Crippen molar-refractivity contribution in [3.8, 4) is 0 Å². The zero-order chi connectivity index (χ0) is 21.5. The van der Waals surface area contributed by atoms with E-state index in [1.807, 2.05) is 6.08 Å². The highest BCUT2D eigenvalue weighted by Gasteiger charge is 2.25. The Morgan fingerprint density at radius 3 is 2.21 bits per heavy atom. The summed E-state index contributed by atoms with van der Waals surface area (Å²) in [6, 6.07) is 0. The van der Waals surface area contributed by atoms with Gasteiger partial charge in [0.25, 0.3) is 0 Å². The highest BCUT2D eigenvalue weighted by molar-refractivity contribution is 5.69. The van der Waals surface area contributed by atoms with Gasteiger partial charge >= 0.3 is 5.97 Å². The Morgan fingerprint density at radius 2 is 1.61 bits per heavy atom. The first-order chi connectivity index (χ1) is 13.2. The Bertz CT molecular complexity index is 435. The van der Waals surface area contributed by atoms with Gasteiger partial charge in [-0.15, -0.1) is 0 Å². The highest BCUT2D eigenvalue weighted by atomic mass is 16.5. The van der Waals surface area contributed by atoms with Crippen LogP contribution < -0.4 is 0 Å². The van der Waals surface area contributed by atoms with Crippen LogP contribution in [0.15, 0.2) is 11.6 Å². The van der Waals surface area contributed by atoms with Gasteiger partial charge < -0.3 is 25.2 Å². The zero-order valence-corrected chi connectivity index (χ0v) is 18.1. The van der Waals surface area contributed by atoms with E-state index >= 15 is 0 Å². The molecular weight excluding hydrogens is 360 g/mol. The van der Waals surface area contributed by atoms with Crippen LogP contribution in [0.4, 0.5) is 0 Å². The fourth-order valence-electron chi connectivity index (χ4n) is 3.00. The van der Waals surface area contributed by atoms with E-state index in [1.165, 1.54) is 31.3 Å². The van der Waals surface area contributed by atoms with Gasteiger partial charge in [-0.3, -0.25) is 4.79 Å². The van der Waals surface area contributed by atoms with Gasteiger partial charge in [-0.2, -0.15) is 0 Å². The second kappa shape index (κ2) is 15.9. The lowest BCUT2D eigenvalue weighted by molar-refractivity contribution is -0.152. The number of aliphatic hydroxyl groups excluding tert-OH is 4. The number of rotatable bonds is 16. The van der Waals surface area contributed by atoms with Crippen molar-refractivity contribution >= 4 is 5.97 Å². The monoisotopic (exact) mass is 402 g/mol. The van der Waals surface area contributed by atoms with E-state index in [0.29, 0.717) is 6.42 Å². The SMILES string of the molecule is C/C(=C\CCC(=O)OCC(O)C(O)C(O)CO)CCCC(C)CCCC(C)C. The molecule has 0 amide bonds. The smallest absolute Gasteiger partial charge is 0.306 e. The molecule has 0 bridgehead atoms. The molecule has 0 aromatic carbocycles. The van der Waals surface area contributed by atoms with Crippen LogP contribution in [0.3, 0.4) is 0 Å². The van der Waals surface area contributed by atoms with Crippen LogP contribution in [0.25, 0.3) is 0 Å². The van der Waals surface area contributed by atoms with Crippen molar-refractivity contribution in [1.82, 2.24) is 0 Å². The molecule has 0 fully saturated rings. The molecule has 0 aliphatic heterocycles. The number of carbonyl (C=O) groups excluding carboxylic acids is 1. The topological polar surface area (TPSA) is 107 Å². The summed E-state index contributed by atoms with van der Waals surface area (Å²) in [5.74, 6) is 1.07. The molecule has 0 saturated heterocycles. The number of allylic oxidation sites excluding steroid dienone is 2. The minimum Gasteiger partial charge on any atom is -0.463 e. The minimum atomic E-state index is -1.55. The molecule has 4 atom stereocenters. The molecule has 0 aromatic rings. The number of aliphatic hydroxyl groups is 4. The number of hydrogen-bond donors (Lipinski definition) is 4. The normalized spacial score (nSPS) is 16.7. The molecule has 28 heavy (non-hydrogen) atoms. The number of ether oxygens (including phenoxy) is 1. The van der Waals surface area contributed by atoms with E-state index in [1.54, 1.807) is 0 Å². The molecular formula is C22H42O6. The third kappa shape index (κ3) is 14.1. The molecule has 4 N–H and O–H groups in total. The molecule has 0 radical (unpaired) electrons. The highest BCUT2D eigenvalue weighted by Crippen LogP contribution is 2.19. The summed E-state index contributed by atoms with van der Waals surface area (Å²) in [5.41, 5.74) is 1.27. The van der Waals surface area contributed by atoms with Crippen molar-refractivity contribution in [3.05, 3.63) is 11.6 Å². The number of carbonyl (C=O) groups is 1. The van der Waals surface area contributed by atoms with Crippen molar-refractivity contribution < 1.29 is 30.0 Å². The maximum atomic E-state index is 11.7. The summed E-state index contributed by atoms with van der Waals surface area (Å²) in [6.45, 7) is 7.84. The lowest BCUT2D eigenvalue weighted by atomic mass is 9.94. The van der Waals surface area contributed by atoms with Crippen molar-refractivity contribution in [2.75, 3.05) is 13.2 Å². The van der Waals surface area contributed by atoms with Crippen LogP contribution >= 0.6 is 0 Å². The third-order valence-electron chi connectivity index (χ3n) is 4.98. The molecule has 0 aliphatic rings. The number of hydrogen-bond acceptors (Lipinski definition) is 6. The molecule has 6 heteroatoms. The Morgan fingerprint density at radius 1 is 0.964 bits per heavy atom. The average molecular weight is 403 g/mol. The fraction of sp³-hybridized carbons (Fsp3) is 0.864. The van der Waals surface area contributed by atoms with Crippen molar-refractivity contribution in [3.63, 3.8) is 0 Å². The summed E-state index contributed by atoms with van der Waals surface area (Å²) in [7, 11) is 0. The van der Waals surface area contributed by atoms with E-state index in [0.717, 1.165) is 24.7 Å². The Hall–Kier alpha value is -0.950. The Balaban J connectivity index is 3.88. The second-order valence-electron chi connectivity index (χ2n) is 8.40. The van der Waals surface area contributed by atoms with Crippen LogP contribution in [-0.2, 0) is 9.53 Å². The predicted molar refractivity (Wildman–Crippen MR) is 111 cm³/mol.